The second-order valence-electron chi connectivity index (χ2n) is 8.04. The second kappa shape index (κ2) is 9.98. The van der Waals surface area contributed by atoms with E-state index < -0.39 is 11.8 Å². The first-order valence-electron chi connectivity index (χ1n) is 11.2. The molecule has 0 fully saturated rings. The first-order valence-corrected chi connectivity index (χ1v) is 11.2. The lowest BCUT2D eigenvalue weighted by atomic mass is 10.1. The quantitative estimate of drug-likeness (QED) is 0.272. The summed E-state index contributed by atoms with van der Waals surface area (Å²) in [5.41, 5.74) is 9.62. The fourth-order valence-electron chi connectivity index (χ4n) is 3.77. The number of amides is 2. The van der Waals surface area contributed by atoms with Gasteiger partial charge in [0.05, 0.1) is 28.2 Å². The minimum absolute atomic E-state index is 0.383. The van der Waals surface area contributed by atoms with Gasteiger partial charge < -0.3 is 9.88 Å². The lowest BCUT2D eigenvalue weighted by Crippen LogP contribution is -2.42. The third kappa shape index (κ3) is 4.85. The van der Waals surface area contributed by atoms with Crippen molar-refractivity contribution < 1.29 is 9.59 Å². The molecule has 0 unspecified atom stereocenters. The van der Waals surface area contributed by atoms with Gasteiger partial charge in [0, 0.05) is 30.5 Å². The molecule has 4 N–H and O–H groups in total. The van der Waals surface area contributed by atoms with Gasteiger partial charge in [0.1, 0.15) is 5.69 Å². The summed E-state index contributed by atoms with van der Waals surface area (Å²) < 4.78 is 1.67. The minimum Gasteiger partial charge on any atom is -0.355 e. The molecule has 2 amide bonds. The number of nitrogens with one attached hydrogen (secondary N) is 4. The molecule has 0 saturated carbocycles. The van der Waals surface area contributed by atoms with E-state index in [9.17, 15) is 9.59 Å². The van der Waals surface area contributed by atoms with E-state index in [0.717, 1.165) is 28.0 Å². The van der Waals surface area contributed by atoms with Gasteiger partial charge in [-0.3, -0.25) is 30.5 Å². The van der Waals surface area contributed by atoms with E-state index >= 15 is 0 Å². The zero-order valence-electron chi connectivity index (χ0n) is 19.4. The van der Waals surface area contributed by atoms with Crippen LogP contribution in [0.3, 0.4) is 0 Å². The molecule has 2 aromatic carbocycles. The molecular formula is C27H23N7O2. The highest BCUT2D eigenvalue weighted by Gasteiger charge is 2.14. The Balaban J connectivity index is 1.30. The van der Waals surface area contributed by atoms with Gasteiger partial charge in [0.2, 0.25) is 0 Å². The molecule has 0 saturated heterocycles. The van der Waals surface area contributed by atoms with E-state index in [0.29, 0.717) is 16.9 Å². The van der Waals surface area contributed by atoms with Gasteiger partial charge >= 0.3 is 0 Å². The highest BCUT2D eigenvalue weighted by molar-refractivity contribution is 6.02. The summed E-state index contributed by atoms with van der Waals surface area (Å²) in [6, 6.07) is 22.0. The molecule has 0 spiro atoms. The van der Waals surface area contributed by atoms with Crippen LogP contribution in [0, 0.1) is 0 Å². The van der Waals surface area contributed by atoms with Crippen molar-refractivity contribution in [3.8, 4) is 0 Å². The molecule has 3 heterocycles. The van der Waals surface area contributed by atoms with E-state index in [1.54, 1.807) is 54.3 Å². The number of carbonyl (C=O) groups is 2. The van der Waals surface area contributed by atoms with E-state index in [4.69, 9.17) is 0 Å². The second-order valence-corrected chi connectivity index (χ2v) is 8.04. The van der Waals surface area contributed by atoms with Gasteiger partial charge in [0.15, 0.2) is 0 Å². The van der Waals surface area contributed by atoms with Crippen LogP contribution in [0.4, 0.5) is 11.4 Å². The van der Waals surface area contributed by atoms with Crippen LogP contribution in [0.5, 0.6) is 0 Å². The molecule has 5 aromatic rings. The summed E-state index contributed by atoms with van der Waals surface area (Å²) in [5, 5.41) is 11.7. The molecule has 0 atom stereocenters. The van der Waals surface area contributed by atoms with Crippen LogP contribution < -0.4 is 16.2 Å². The molecule has 9 nitrogen and oxygen atoms in total. The maximum Gasteiger partial charge on any atom is 0.286 e. The zero-order valence-corrected chi connectivity index (χ0v) is 19.4. The van der Waals surface area contributed by atoms with Crippen LogP contribution in [-0.4, -0.2) is 31.6 Å². The van der Waals surface area contributed by atoms with Crippen molar-refractivity contribution in [2.45, 2.75) is 0 Å². The molecule has 178 valence electrons. The van der Waals surface area contributed by atoms with Crippen molar-refractivity contribution in [2.75, 3.05) is 5.32 Å². The van der Waals surface area contributed by atoms with Gasteiger partial charge in [-0.1, -0.05) is 18.2 Å². The maximum absolute atomic E-state index is 12.8. The van der Waals surface area contributed by atoms with Crippen molar-refractivity contribution in [3.05, 3.63) is 108 Å². The highest BCUT2D eigenvalue weighted by atomic mass is 16.2. The third-order valence-corrected chi connectivity index (χ3v) is 5.61. The molecule has 0 radical (unpaired) electrons. The summed E-state index contributed by atoms with van der Waals surface area (Å²) in [6.45, 7) is 0. The number of aromatic nitrogens is 4. The predicted molar refractivity (Wildman–Crippen MR) is 139 cm³/mol. The summed E-state index contributed by atoms with van der Waals surface area (Å²) in [6.07, 6.45) is 7.33. The van der Waals surface area contributed by atoms with E-state index in [2.05, 4.69) is 31.3 Å². The van der Waals surface area contributed by atoms with Gasteiger partial charge in [-0.15, -0.1) is 0 Å². The third-order valence-electron chi connectivity index (χ3n) is 5.61. The number of fused-ring (bicyclic) bond motifs is 1. The number of hydrogen-bond donors (Lipinski definition) is 4. The first kappa shape index (κ1) is 22.6. The molecule has 3 aromatic heterocycles. The number of hydrazine groups is 1. The average Bonchev–Trinajstić information content (AvgIpc) is 3.52. The van der Waals surface area contributed by atoms with E-state index in [-0.39, 0.29) is 0 Å². The molecule has 0 aliphatic rings. The van der Waals surface area contributed by atoms with E-state index in [1.165, 1.54) is 0 Å². The summed E-state index contributed by atoms with van der Waals surface area (Å²) in [7, 11) is 1.76. The number of hydrogen-bond acceptors (Lipinski definition) is 5. The van der Waals surface area contributed by atoms with Crippen molar-refractivity contribution in [1.82, 2.24) is 30.6 Å². The smallest absolute Gasteiger partial charge is 0.286 e. The van der Waals surface area contributed by atoms with Crippen molar-refractivity contribution in [2.24, 2.45) is 7.05 Å². The highest BCUT2D eigenvalue weighted by Crippen LogP contribution is 2.26. The Bertz CT molecular complexity index is 1570. The fourth-order valence-corrected chi connectivity index (χ4v) is 3.77. The number of carbonyl (C=O) groups excluding carboxylic acids is 2. The minimum atomic E-state index is -0.440. The van der Waals surface area contributed by atoms with Crippen LogP contribution in [0.1, 0.15) is 32.2 Å². The van der Waals surface area contributed by atoms with Crippen molar-refractivity contribution in [3.63, 3.8) is 0 Å². The van der Waals surface area contributed by atoms with Crippen LogP contribution in [0.25, 0.3) is 23.1 Å². The number of anilines is 2. The summed E-state index contributed by atoms with van der Waals surface area (Å²) in [5.74, 6) is -0.843. The van der Waals surface area contributed by atoms with Gasteiger partial charge in [-0.05, 0) is 66.7 Å². The molecule has 36 heavy (non-hydrogen) atoms. The Labute approximate surface area is 206 Å². The molecule has 0 aliphatic carbocycles. The van der Waals surface area contributed by atoms with Crippen molar-refractivity contribution >= 4 is 46.2 Å². The average molecular weight is 478 g/mol. The Morgan fingerprint density at radius 1 is 0.917 bits per heavy atom. The monoisotopic (exact) mass is 477 g/mol. The van der Waals surface area contributed by atoms with Crippen LogP contribution in [-0.2, 0) is 7.05 Å². The largest absolute Gasteiger partial charge is 0.355 e. The first-order chi connectivity index (χ1) is 17.6. The molecule has 0 bridgehead atoms. The van der Waals surface area contributed by atoms with Crippen LogP contribution >= 0.6 is 0 Å². The van der Waals surface area contributed by atoms with Crippen LogP contribution in [0.2, 0.25) is 0 Å². The van der Waals surface area contributed by atoms with Crippen LogP contribution in [0.15, 0.2) is 85.2 Å². The number of aryl methyl sites for hydroxylation is 1. The summed E-state index contributed by atoms with van der Waals surface area (Å²) >= 11 is 0. The SMILES string of the molecule is Cn1cccc1C(=O)NNC(=O)c1ccccc1Nc1ccc2c(/C=C/c3ccccn3)n[nH]c2c1. The zero-order chi connectivity index (χ0) is 24.9. The number of rotatable bonds is 6. The normalized spacial score (nSPS) is 11.0. The number of H-pyrrole nitrogens is 1. The van der Waals surface area contributed by atoms with Gasteiger partial charge in [-0.25, -0.2) is 0 Å². The summed E-state index contributed by atoms with van der Waals surface area (Å²) in [4.78, 5) is 29.4. The van der Waals surface area contributed by atoms with E-state index in [1.807, 2.05) is 54.6 Å². The number of pyridine rings is 1. The Morgan fingerprint density at radius 3 is 2.56 bits per heavy atom. The lowest BCUT2D eigenvalue weighted by molar-refractivity contribution is 0.0842. The fraction of sp³-hybridized carbons (Fsp3) is 0.0370. The number of aromatic amines is 1. The number of para-hydroxylation sites is 1. The molecule has 5 rings (SSSR count). The Morgan fingerprint density at radius 2 is 1.75 bits per heavy atom. The molecular weight excluding hydrogens is 454 g/mol. The Kier molecular flexibility index (Phi) is 6.27. The van der Waals surface area contributed by atoms with Gasteiger partial charge in [-0.2, -0.15) is 5.10 Å². The van der Waals surface area contributed by atoms with Crippen molar-refractivity contribution in [1.29, 1.82) is 0 Å². The number of benzene rings is 2. The topological polar surface area (TPSA) is 117 Å². The molecule has 9 heteroatoms. The number of nitrogens with zero attached hydrogens (tertiary/aromatic N) is 3. The van der Waals surface area contributed by atoms with Gasteiger partial charge in [0.25, 0.3) is 11.8 Å². The standard InChI is InChI=1S/C27H23N7O2/c1-34-16-6-10-25(34)27(36)33-32-26(35)21-8-2-3-9-22(21)29-19-11-13-20-23(30-31-24(20)17-19)14-12-18-7-4-5-15-28-18/h2-17,29H,1H3,(H,30,31)(H,32,35)(H,33,36)/b14-12+. The molecule has 0 aliphatic heterocycles. The Hall–Kier alpha value is -5.18. The lowest BCUT2D eigenvalue weighted by Gasteiger charge is -2.13. The maximum atomic E-state index is 12.8. The predicted octanol–water partition coefficient (Wildman–Crippen LogP) is 4.29.